The van der Waals surface area contributed by atoms with Gasteiger partial charge in [-0.15, -0.1) is 0 Å². The highest BCUT2D eigenvalue weighted by Gasteiger charge is 2.49. The van der Waals surface area contributed by atoms with Crippen molar-refractivity contribution >= 4 is 63.5 Å². The van der Waals surface area contributed by atoms with Crippen LogP contribution in [0.5, 0.6) is 11.5 Å². The van der Waals surface area contributed by atoms with Crippen LogP contribution >= 0.6 is 31.7 Å². The average molecular weight is 827 g/mol. The quantitative estimate of drug-likeness (QED) is 0.121. The van der Waals surface area contributed by atoms with Crippen LogP contribution < -0.4 is 41.3 Å². The van der Waals surface area contributed by atoms with E-state index >= 15 is 0 Å². The fourth-order valence-electron chi connectivity index (χ4n) is 8.46. The maximum Gasteiger partial charge on any atom is 0.126 e. The smallest absolute Gasteiger partial charge is 0.126 e. The summed E-state index contributed by atoms with van der Waals surface area (Å²) in [5.74, 6) is 2.27. The molecule has 2 aliphatic heterocycles. The number of para-hydroxylation sites is 2. The first-order valence-electron chi connectivity index (χ1n) is 19.7. The minimum atomic E-state index is -0.630. The van der Waals surface area contributed by atoms with Crippen LogP contribution in [0, 0.1) is 5.92 Å². The van der Waals surface area contributed by atoms with E-state index in [0.717, 1.165) is 23.8 Å². The Morgan fingerprint density at radius 1 is 0.446 bits per heavy atom. The first-order valence-corrected chi connectivity index (χ1v) is 25.7. The summed E-state index contributed by atoms with van der Waals surface area (Å²) in [5.41, 5.74) is 1.00. The van der Waals surface area contributed by atoms with Crippen LogP contribution in [0.1, 0.15) is 34.6 Å². The van der Waals surface area contributed by atoms with Crippen molar-refractivity contribution in [1.82, 2.24) is 0 Å². The van der Waals surface area contributed by atoms with Gasteiger partial charge in [-0.2, -0.15) is 0 Å². The van der Waals surface area contributed by atoms with Crippen LogP contribution in [0.4, 0.5) is 0 Å². The Labute approximate surface area is 339 Å². The molecule has 5 aromatic rings. The second-order valence-corrected chi connectivity index (χ2v) is 25.4. The van der Waals surface area contributed by atoms with E-state index in [1.807, 2.05) is 12.1 Å². The molecule has 3 N–H and O–H groups in total. The molecule has 0 saturated carbocycles. The van der Waals surface area contributed by atoms with Crippen LogP contribution in [0.25, 0.3) is 0 Å². The normalized spacial score (nSPS) is 28.2. The lowest BCUT2D eigenvalue weighted by atomic mass is 10.0. The molecule has 2 fully saturated rings. The molecule has 5 aromatic carbocycles. The first-order chi connectivity index (χ1) is 27.1. The van der Waals surface area contributed by atoms with E-state index in [4.69, 9.17) is 9.47 Å². The Morgan fingerprint density at radius 2 is 0.786 bits per heavy atom. The van der Waals surface area contributed by atoms with Crippen LogP contribution in [-0.2, 0) is 0 Å². The van der Waals surface area contributed by atoms with Gasteiger partial charge in [-0.3, -0.25) is 0 Å². The fourth-order valence-corrected chi connectivity index (χ4v) is 21.5. The average Bonchev–Trinajstić information content (AvgIpc) is 3.56. The van der Waals surface area contributed by atoms with E-state index < -0.39 is 43.9 Å². The molecule has 0 aliphatic carbocycles. The maximum atomic E-state index is 10.6. The molecular formula is C47H58O5P4. The maximum absolute atomic E-state index is 10.6. The minimum Gasteiger partial charge on any atom is -0.496 e. The molecule has 0 amide bonds. The molecule has 0 radical (unpaired) electrons. The van der Waals surface area contributed by atoms with Crippen molar-refractivity contribution in [2.45, 2.75) is 75.6 Å². The molecule has 9 heteroatoms. The van der Waals surface area contributed by atoms with Gasteiger partial charge in [-0.25, -0.2) is 0 Å². The van der Waals surface area contributed by atoms with Gasteiger partial charge in [0.2, 0.25) is 0 Å². The van der Waals surface area contributed by atoms with Crippen molar-refractivity contribution in [2.24, 2.45) is 5.92 Å². The van der Waals surface area contributed by atoms with E-state index in [-0.39, 0.29) is 17.4 Å². The van der Waals surface area contributed by atoms with Gasteiger partial charge in [0.1, 0.15) is 11.5 Å². The number of methoxy groups -OCH3 is 2. The summed E-state index contributed by atoms with van der Waals surface area (Å²) in [6, 6.07) is 47.3. The third kappa shape index (κ3) is 9.12. The van der Waals surface area contributed by atoms with Crippen LogP contribution in [0.2, 0.25) is 0 Å². The van der Waals surface area contributed by atoms with Gasteiger partial charge in [0.15, 0.2) is 0 Å². The second kappa shape index (κ2) is 19.8. The Morgan fingerprint density at radius 3 is 1.16 bits per heavy atom. The van der Waals surface area contributed by atoms with Gasteiger partial charge >= 0.3 is 0 Å². The molecule has 7 rings (SSSR count). The van der Waals surface area contributed by atoms with Gasteiger partial charge in [-0.1, -0.05) is 172 Å². The van der Waals surface area contributed by atoms with Crippen LogP contribution in [0.3, 0.4) is 0 Å². The van der Waals surface area contributed by atoms with Gasteiger partial charge in [0.25, 0.3) is 0 Å². The summed E-state index contributed by atoms with van der Waals surface area (Å²) in [6.07, 6.45) is 0.669. The SMILES string of the molecule is COc1ccccc1P(CCP(c1ccccc1)c1ccccc1OC)c1ccccc1.C[C@H]1[C@H](O)[C@H](C)P(c2ccccc2P2[C@@H](C)[C@@H](O)[C@H](O)[C@@H]2C)[C@H]1C. The van der Waals surface area contributed by atoms with Crippen molar-refractivity contribution in [2.75, 3.05) is 26.5 Å². The summed E-state index contributed by atoms with van der Waals surface area (Å²) in [6.45, 7) is 10.8. The summed E-state index contributed by atoms with van der Waals surface area (Å²) < 4.78 is 11.5. The zero-order valence-corrected chi connectivity index (χ0v) is 37.3. The lowest BCUT2D eigenvalue weighted by Gasteiger charge is -2.30. The second-order valence-electron chi connectivity index (χ2n) is 14.9. The predicted molar refractivity (Wildman–Crippen MR) is 246 cm³/mol. The number of rotatable bonds is 11. The van der Waals surface area contributed by atoms with E-state index in [0.29, 0.717) is 17.2 Å². The number of aliphatic hydroxyl groups is 3. The van der Waals surface area contributed by atoms with Crippen molar-refractivity contribution in [1.29, 1.82) is 0 Å². The molecule has 5 nitrogen and oxygen atoms in total. The standard InChI is InChI=1S/C28H28O2P2.C19H30O3P2/c1-29-25-17-9-11-19-27(25)31(23-13-5-3-6-14-23)21-22-32(24-15-7-4-8-16-24)28-20-12-10-18-26(28)30-2;1-10-11(2)23(12(3)17(10)20)15-8-6-7-9-16(15)24-13(4)18(21)19(22)14(24)5/h3-20H,21-22H2,1-2H3;6-14,17-22H,1-5H3/t;10-,11+,12+,13+,14+,17+,18-,19-,23?/m.1/s1. The van der Waals surface area contributed by atoms with E-state index in [9.17, 15) is 15.3 Å². The van der Waals surface area contributed by atoms with Gasteiger partial charge in [-0.05, 0) is 73.1 Å². The number of hydrogen-bond donors (Lipinski definition) is 3. The van der Waals surface area contributed by atoms with Crippen LogP contribution in [0.15, 0.2) is 133 Å². The molecule has 0 spiro atoms. The third-order valence-corrected chi connectivity index (χ3v) is 24.2. The fraction of sp³-hybridized carbons (Fsp3) is 0.362. The minimum absolute atomic E-state index is 0.108. The number of aliphatic hydroxyl groups excluding tert-OH is 3. The molecule has 56 heavy (non-hydrogen) atoms. The number of ether oxygens (including phenoxy) is 2. The molecule has 2 aliphatic rings. The Bertz CT molecular complexity index is 1810. The van der Waals surface area contributed by atoms with Crippen LogP contribution in [-0.4, -0.2) is 82.8 Å². The van der Waals surface area contributed by atoms with Crippen molar-refractivity contribution in [3.63, 3.8) is 0 Å². The van der Waals surface area contributed by atoms with E-state index in [2.05, 4.69) is 156 Å². The largest absolute Gasteiger partial charge is 0.496 e. The van der Waals surface area contributed by atoms with Gasteiger partial charge in [0.05, 0.1) is 32.5 Å². The van der Waals surface area contributed by atoms with E-state index in [1.165, 1.54) is 31.8 Å². The Balaban J connectivity index is 0.000000198. The zero-order valence-electron chi connectivity index (χ0n) is 33.7. The Kier molecular flexibility index (Phi) is 15.2. The zero-order chi connectivity index (χ0) is 39.9. The van der Waals surface area contributed by atoms with Crippen molar-refractivity contribution in [3.05, 3.63) is 133 Å². The molecule has 11 atom stereocenters. The van der Waals surface area contributed by atoms with Crippen molar-refractivity contribution < 1.29 is 24.8 Å². The molecule has 2 heterocycles. The molecule has 0 aromatic heterocycles. The van der Waals surface area contributed by atoms with Crippen molar-refractivity contribution in [3.8, 4) is 11.5 Å². The van der Waals surface area contributed by atoms with E-state index in [1.54, 1.807) is 14.2 Å². The highest BCUT2D eigenvalue weighted by Crippen LogP contribution is 2.60. The lowest BCUT2D eigenvalue weighted by molar-refractivity contribution is 0.0327. The summed E-state index contributed by atoms with van der Waals surface area (Å²) >= 11 is 0. The topological polar surface area (TPSA) is 79.2 Å². The summed E-state index contributed by atoms with van der Waals surface area (Å²) in [5, 5.41) is 39.4. The molecule has 3 unspecified atom stereocenters. The first kappa shape index (κ1) is 42.9. The summed E-state index contributed by atoms with van der Waals surface area (Å²) in [7, 11) is 1.37. The summed E-state index contributed by atoms with van der Waals surface area (Å²) in [4.78, 5) is 0. The molecule has 0 bridgehead atoms. The highest BCUT2D eigenvalue weighted by molar-refractivity contribution is 7.77. The van der Waals surface area contributed by atoms with Gasteiger partial charge < -0.3 is 24.8 Å². The third-order valence-electron chi connectivity index (χ3n) is 11.8. The number of benzene rings is 5. The highest BCUT2D eigenvalue weighted by atomic mass is 31.1. The Hall–Kier alpha value is -2.70. The van der Waals surface area contributed by atoms with Gasteiger partial charge in [0, 0.05) is 27.6 Å². The monoisotopic (exact) mass is 826 g/mol. The lowest BCUT2D eigenvalue weighted by Crippen LogP contribution is -2.30. The molecule has 296 valence electrons. The molecule has 2 saturated heterocycles. The predicted octanol–water partition coefficient (Wildman–Crippen LogP) is 7.47. The molecular weight excluding hydrogens is 768 g/mol. The number of hydrogen-bond acceptors (Lipinski definition) is 5.